The zero-order chi connectivity index (χ0) is 13.8. The Hall–Kier alpha value is -1.78. The van der Waals surface area contributed by atoms with Gasteiger partial charge in [-0.05, 0) is 31.7 Å². The lowest BCUT2D eigenvalue weighted by molar-refractivity contribution is -0.384. The third kappa shape index (κ3) is 3.16. The summed E-state index contributed by atoms with van der Waals surface area (Å²) < 4.78 is 5.26. The average Bonchev–Trinajstić information content (AvgIpc) is 2.92. The molecule has 0 aromatic heterocycles. The number of benzene rings is 1. The van der Waals surface area contributed by atoms with Crippen LogP contribution in [0.1, 0.15) is 32.6 Å². The number of non-ortho nitro benzene ring substituents is 1. The number of nitrogens with one attached hydrogen (secondary N) is 1. The van der Waals surface area contributed by atoms with Crippen LogP contribution in [0.5, 0.6) is 5.75 Å². The number of hydrogen-bond donors (Lipinski definition) is 1. The molecule has 1 fully saturated rings. The molecular formula is C14H20N2O3. The lowest BCUT2D eigenvalue weighted by Crippen LogP contribution is -2.24. The van der Waals surface area contributed by atoms with Gasteiger partial charge < -0.3 is 10.1 Å². The van der Waals surface area contributed by atoms with Crippen molar-refractivity contribution in [1.82, 2.24) is 0 Å². The Kier molecular flexibility index (Phi) is 4.24. The molecule has 0 amide bonds. The van der Waals surface area contributed by atoms with Crippen molar-refractivity contribution in [3.63, 3.8) is 0 Å². The van der Waals surface area contributed by atoms with E-state index in [1.54, 1.807) is 19.2 Å². The van der Waals surface area contributed by atoms with E-state index in [1.165, 1.54) is 31.7 Å². The van der Waals surface area contributed by atoms with Crippen molar-refractivity contribution in [1.29, 1.82) is 0 Å². The number of hydrogen-bond acceptors (Lipinski definition) is 4. The lowest BCUT2D eigenvalue weighted by atomic mass is 9.99. The molecule has 1 N–H and O–H groups in total. The highest BCUT2D eigenvalue weighted by Gasteiger charge is 2.22. The second-order valence-electron chi connectivity index (χ2n) is 5.12. The van der Waals surface area contributed by atoms with E-state index >= 15 is 0 Å². The first-order valence-electron chi connectivity index (χ1n) is 6.71. The van der Waals surface area contributed by atoms with Gasteiger partial charge in [0.15, 0.2) is 0 Å². The largest absolute Gasteiger partial charge is 0.495 e. The number of ether oxygens (including phenoxy) is 1. The van der Waals surface area contributed by atoms with Gasteiger partial charge in [0.2, 0.25) is 0 Å². The van der Waals surface area contributed by atoms with Gasteiger partial charge in [0.05, 0.1) is 17.7 Å². The van der Waals surface area contributed by atoms with Crippen molar-refractivity contribution >= 4 is 11.4 Å². The molecule has 0 radical (unpaired) electrons. The van der Waals surface area contributed by atoms with Gasteiger partial charge in [-0.15, -0.1) is 0 Å². The Balaban J connectivity index is 2.16. The third-order valence-corrected chi connectivity index (χ3v) is 3.88. The van der Waals surface area contributed by atoms with E-state index in [-0.39, 0.29) is 10.6 Å². The summed E-state index contributed by atoms with van der Waals surface area (Å²) in [4.78, 5) is 10.4. The van der Waals surface area contributed by atoms with Crippen LogP contribution in [0.15, 0.2) is 18.2 Å². The van der Waals surface area contributed by atoms with E-state index in [9.17, 15) is 10.1 Å². The Labute approximate surface area is 113 Å². The standard InChI is InChI=1S/C14H20N2O3/c1-10(11-5-3-4-6-11)15-13-9-12(16(17)18)7-8-14(13)19-2/h7-11,15H,3-6H2,1-2H3. The van der Waals surface area contributed by atoms with E-state index in [1.807, 2.05) is 0 Å². The highest BCUT2D eigenvalue weighted by molar-refractivity contribution is 5.62. The molecule has 1 aromatic rings. The molecule has 0 saturated heterocycles. The molecule has 5 nitrogen and oxygen atoms in total. The molecule has 5 heteroatoms. The molecule has 104 valence electrons. The lowest BCUT2D eigenvalue weighted by Gasteiger charge is -2.22. The number of anilines is 1. The fourth-order valence-electron chi connectivity index (χ4n) is 2.74. The number of nitrogens with zero attached hydrogens (tertiary/aromatic N) is 1. The molecular weight excluding hydrogens is 244 g/mol. The van der Waals surface area contributed by atoms with Crippen molar-refractivity contribution < 1.29 is 9.66 Å². The van der Waals surface area contributed by atoms with Gasteiger partial charge in [0.1, 0.15) is 5.75 Å². The summed E-state index contributed by atoms with van der Waals surface area (Å²) in [5, 5.41) is 14.2. The van der Waals surface area contributed by atoms with Crippen LogP contribution in [-0.2, 0) is 0 Å². The highest BCUT2D eigenvalue weighted by atomic mass is 16.6. The molecule has 1 aromatic carbocycles. The molecule has 1 atom stereocenters. The minimum absolute atomic E-state index is 0.0851. The minimum Gasteiger partial charge on any atom is -0.495 e. The minimum atomic E-state index is -0.384. The van der Waals surface area contributed by atoms with Gasteiger partial charge in [-0.2, -0.15) is 0 Å². The Morgan fingerprint density at radius 1 is 1.42 bits per heavy atom. The van der Waals surface area contributed by atoms with E-state index in [2.05, 4.69) is 12.2 Å². The van der Waals surface area contributed by atoms with Gasteiger partial charge in [0.25, 0.3) is 5.69 Å². The van der Waals surface area contributed by atoms with Crippen molar-refractivity contribution in [3.8, 4) is 5.75 Å². The summed E-state index contributed by atoms with van der Waals surface area (Å²) >= 11 is 0. The number of methoxy groups -OCH3 is 1. The summed E-state index contributed by atoms with van der Waals surface area (Å²) in [7, 11) is 1.58. The summed E-state index contributed by atoms with van der Waals surface area (Å²) in [6.07, 6.45) is 5.02. The predicted octanol–water partition coefficient (Wildman–Crippen LogP) is 3.59. The Bertz CT molecular complexity index is 456. The van der Waals surface area contributed by atoms with Crippen molar-refractivity contribution in [2.24, 2.45) is 5.92 Å². The zero-order valence-electron chi connectivity index (χ0n) is 11.4. The first-order valence-corrected chi connectivity index (χ1v) is 6.71. The molecule has 0 bridgehead atoms. The second-order valence-corrected chi connectivity index (χ2v) is 5.12. The van der Waals surface area contributed by atoms with E-state index in [4.69, 9.17) is 4.74 Å². The summed E-state index contributed by atoms with van der Waals surface area (Å²) in [6, 6.07) is 4.95. The summed E-state index contributed by atoms with van der Waals surface area (Å²) in [5.74, 6) is 1.29. The third-order valence-electron chi connectivity index (χ3n) is 3.88. The van der Waals surface area contributed by atoms with Crippen LogP contribution < -0.4 is 10.1 Å². The first kappa shape index (κ1) is 13.6. The maximum atomic E-state index is 10.8. The topological polar surface area (TPSA) is 64.4 Å². The van der Waals surface area contributed by atoms with Crippen LogP contribution >= 0.6 is 0 Å². The monoisotopic (exact) mass is 264 g/mol. The molecule has 2 rings (SSSR count). The van der Waals surface area contributed by atoms with Crippen molar-refractivity contribution in [3.05, 3.63) is 28.3 Å². The van der Waals surface area contributed by atoms with Gasteiger partial charge in [-0.25, -0.2) is 0 Å². The zero-order valence-corrected chi connectivity index (χ0v) is 11.4. The van der Waals surface area contributed by atoms with Crippen LogP contribution in [0.4, 0.5) is 11.4 Å². The average molecular weight is 264 g/mol. The molecule has 0 aliphatic heterocycles. The predicted molar refractivity (Wildman–Crippen MR) is 74.7 cm³/mol. The quantitative estimate of drug-likeness (QED) is 0.652. The molecule has 1 saturated carbocycles. The van der Waals surface area contributed by atoms with Gasteiger partial charge in [-0.3, -0.25) is 10.1 Å². The second kappa shape index (κ2) is 5.91. The molecule has 0 heterocycles. The Morgan fingerprint density at radius 2 is 2.11 bits per heavy atom. The van der Waals surface area contributed by atoms with Crippen molar-refractivity contribution in [2.75, 3.05) is 12.4 Å². The number of nitro benzene ring substituents is 1. The van der Waals surface area contributed by atoms with Gasteiger partial charge in [-0.1, -0.05) is 12.8 Å². The smallest absolute Gasteiger partial charge is 0.271 e. The maximum absolute atomic E-state index is 10.8. The first-order chi connectivity index (χ1) is 9.11. The molecule has 1 aliphatic carbocycles. The SMILES string of the molecule is COc1ccc([N+](=O)[O-])cc1NC(C)C1CCCC1. The molecule has 1 unspecified atom stereocenters. The number of rotatable bonds is 5. The summed E-state index contributed by atoms with van der Waals surface area (Å²) in [6.45, 7) is 2.13. The van der Waals surface area contributed by atoms with Gasteiger partial charge >= 0.3 is 0 Å². The molecule has 0 spiro atoms. The fourth-order valence-corrected chi connectivity index (χ4v) is 2.74. The van der Waals surface area contributed by atoms with Crippen LogP contribution in [-0.4, -0.2) is 18.1 Å². The normalized spacial score (nSPS) is 17.2. The van der Waals surface area contributed by atoms with E-state index in [0.29, 0.717) is 23.4 Å². The maximum Gasteiger partial charge on any atom is 0.271 e. The molecule has 19 heavy (non-hydrogen) atoms. The van der Waals surface area contributed by atoms with Crippen LogP contribution in [0.2, 0.25) is 0 Å². The van der Waals surface area contributed by atoms with Gasteiger partial charge in [0, 0.05) is 18.2 Å². The van der Waals surface area contributed by atoms with Crippen LogP contribution in [0, 0.1) is 16.0 Å². The highest BCUT2D eigenvalue weighted by Crippen LogP contribution is 2.33. The van der Waals surface area contributed by atoms with Crippen LogP contribution in [0.3, 0.4) is 0 Å². The van der Waals surface area contributed by atoms with E-state index < -0.39 is 0 Å². The number of nitro groups is 1. The van der Waals surface area contributed by atoms with Crippen molar-refractivity contribution in [2.45, 2.75) is 38.6 Å². The van der Waals surface area contributed by atoms with Crippen LogP contribution in [0.25, 0.3) is 0 Å². The molecule has 1 aliphatic rings. The Morgan fingerprint density at radius 3 is 2.68 bits per heavy atom. The summed E-state index contributed by atoms with van der Waals surface area (Å²) in [5.41, 5.74) is 0.790. The fraction of sp³-hybridized carbons (Fsp3) is 0.571. The van der Waals surface area contributed by atoms with E-state index in [0.717, 1.165) is 0 Å².